The Labute approximate surface area is 372 Å². The van der Waals surface area contributed by atoms with Crippen molar-refractivity contribution in [1.82, 2.24) is 30.2 Å². The Kier molecular flexibility index (Phi) is 29.7. The molecule has 17 nitrogen and oxygen atoms in total. The molecule has 3 amide bonds. The van der Waals surface area contributed by atoms with Crippen LogP contribution >= 0.6 is 0 Å². The van der Waals surface area contributed by atoms with Gasteiger partial charge in [-0.05, 0) is 6.42 Å². The van der Waals surface area contributed by atoms with Crippen molar-refractivity contribution in [3.8, 4) is 0 Å². The van der Waals surface area contributed by atoms with Crippen molar-refractivity contribution in [3.63, 3.8) is 0 Å². The predicted octanol–water partition coefficient (Wildman–Crippen LogP) is 3.63. The summed E-state index contributed by atoms with van der Waals surface area (Å²) < 4.78 is 5.27. The van der Waals surface area contributed by atoms with Crippen molar-refractivity contribution < 1.29 is 54.0 Å². The maximum atomic E-state index is 13.4. The summed E-state index contributed by atoms with van der Waals surface area (Å²) in [6, 6.07) is 8.21. The summed E-state index contributed by atoms with van der Waals surface area (Å²) in [5.74, 6) is -6.00. The first kappa shape index (κ1) is 56.2. The van der Waals surface area contributed by atoms with E-state index in [0.717, 1.165) is 43.4 Å². The third kappa shape index (κ3) is 24.7. The van der Waals surface area contributed by atoms with Crippen LogP contribution in [-0.2, 0) is 28.8 Å². The van der Waals surface area contributed by atoms with E-state index in [1.54, 1.807) is 0 Å². The Morgan fingerprint density at radius 2 is 0.984 bits per heavy atom. The van der Waals surface area contributed by atoms with Crippen LogP contribution in [0.3, 0.4) is 0 Å². The van der Waals surface area contributed by atoms with E-state index in [1.807, 2.05) is 19.1 Å². The van der Waals surface area contributed by atoms with E-state index in [9.17, 15) is 54.0 Å². The van der Waals surface area contributed by atoms with Crippen LogP contribution in [0.5, 0.6) is 0 Å². The minimum absolute atomic E-state index is 0.0148. The molecule has 1 aromatic rings. The number of carboxylic acids is 4. The van der Waals surface area contributed by atoms with Gasteiger partial charge < -0.3 is 25.7 Å². The number of unbranched alkanes of at least 4 members (excludes halogenated alkanes) is 6. The van der Waals surface area contributed by atoms with Gasteiger partial charge in [-0.15, -0.1) is 0 Å². The third-order valence-corrected chi connectivity index (χ3v) is 26.6. The minimum Gasteiger partial charge on any atom is -0.480 e. The van der Waals surface area contributed by atoms with Crippen molar-refractivity contribution in [2.45, 2.75) is 112 Å². The molecule has 0 saturated carbocycles. The van der Waals surface area contributed by atoms with E-state index < -0.39 is 80.9 Å². The van der Waals surface area contributed by atoms with Crippen LogP contribution in [0.15, 0.2) is 24.3 Å². The summed E-state index contributed by atoms with van der Waals surface area (Å²) in [6.45, 7) is 6.75. The number of benzene rings is 1. The summed E-state index contributed by atoms with van der Waals surface area (Å²) in [4.78, 5) is 91.3. The molecule has 0 unspecified atom stereocenters. The standard InChI is InChI=1S/C32H49N6O11.3C4H9.Sn/c1-2-3-7-12-33-26(39)19-36(22-29(43)44)17-15-35(21-28(41)42)16-18-37(23-30(45)46)20-27(40)38(24-31(47)48)14-9-8-13-34-32(49)25-10-5-4-6-11-25;3*1-3-4-2;/h4-5,10-11H,2-3,7-9,12-24H2,1H3,(H,33,39)(H,34,49)(H,41,42)(H,43,44)(H,45,46)(H,47,48);3*1,3-4H2,2H3;. The molecule has 18 heteroatoms. The zero-order chi connectivity index (χ0) is 46.3. The normalized spacial score (nSPS) is 11.5. The molecular formula is C44H76N6O11Sn. The van der Waals surface area contributed by atoms with Crippen molar-refractivity contribution in [2.24, 2.45) is 0 Å². The summed E-state index contributed by atoms with van der Waals surface area (Å²) in [7, 11) is 0. The smallest absolute Gasteiger partial charge is 0.480 e. The molecular weight excluding hydrogens is 907 g/mol. The van der Waals surface area contributed by atoms with Gasteiger partial charge in [-0.1, -0.05) is 19.8 Å². The number of hydrogen-bond acceptors (Lipinski definition) is 10. The summed E-state index contributed by atoms with van der Waals surface area (Å²) in [5, 5.41) is 43.9. The molecule has 1 aromatic carbocycles. The van der Waals surface area contributed by atoms with Crippen molar-refractivity contribution in [1.29, 1.82) is 0 Å². The SMILES string of the molecule is CCCCCNC(=O)CN(CCN(CCN(CC(=O)O)CC(=O)N(CCCCNC(=O)c1ccc[c]([Sn]([CH2]CCC)([CH2]CCC)[CH2]CCC)c1)CC(=O)O)CC(=O)O)CC(=O)O. The van der Waals surface area contributed by atoms with Crippen LogP contribution in [0.4, 0.5) is 0 Å². The molecule has 352 valence electrons. The number of carbonyl (C=O) groups excluding carboxylic acids is 3. The van der Waals surface area contributed by atoms with E-state index in [0.29, 0.717) is 31.5 Å². The number of carbonyl (C=O) groups is 7. The number of rotatable bonds is 38. The molecule has 0 atom stereocenters. The first-order valence-electron chi connectivity index (χ1n) is 22.6. The van der Waals surface area contributed by atoms with Gasteiger partial charge in [0, 0.05) is 32.7 Å². The van der Waals surface area contributed by atoms with Crippen LogP contribution in [0.2, 0.25) is 13.3 Å². The second-order valence-corrected chi connectivity index (χ2v) is 29.5. The van der Waals surface area contributed by atoms with Crippen LogP contribution in [0.1, 0.15) is 109 Å². The molecule has 0 aliphatic rings. The summed E-state index contributed by atoms with van der Waals surface area (Å²) >= 11 is -2.76. The van der Waals surface area contributed by atoms with Gasteiger partial charge in [-0.3, -0.25) is 38.7 Å². The first-order chi connectivity index (χ1) is 29.6. The molecule has 62 heavy (non-hydrogen) atoms. The average molecular weight is 984 g/mol. The molecule has 0 aliphatic carbocycles. The van der Waals surface area contributed by atoms with Crippen LogP contribution in [-0.4, -0.2) is 185 Å². The average Bonchev–Trinajstić information content (AvgIpc) is 3.21. The van der Waals surface area contributed by atoms with Gasteiger partial charge in [0.2, 0.25) is 5.91 Å². The monoisotopic (exact) mass is 984 g/mol. The van der Waals surface area contributed by atoms with Crippen molar-refractivity contribution >= 4 is 63.6 Å². The fraction of sp³-hybridized carbons (Fsp3) is 0.705. The molecule has 0 fully saturated rings. The Bertz CT molecular complexity index is 1510. The van der Waals surface area contributed by atoms with Crippen LogP contribution < -0.4 is 14.2 Å². The van der Waals surface area contributed by atoms with Crippen LogP contribution in [0.25, 0.3) is 0 Å². The molecule has 0 heterocycles. The molecule has 0 aliphatic heterocycles. The van der Waals surface area contributed by atoms with E-state index in [-0.39, 0.29) is 51.1 Å². The van der Waals surface area contributed by atoms with Gasteiger partial charge in [0.05, 0.1) is 26.2 Å². The number of aliphatic carboxylic acids is 4. The number of carboxylic acid groups (broad SMARTS) is 4. The zero-order valence-corrected chi connectivity index (χ0v) is 40.7. The minimum atomic E-state index is -2.76. The molecule has 0 bridgehead atoms. The third-order valence-electron chi connectivity index (χ3n) is 11.0. The van der Waals surface area contributed by atoms with E-state index >= 15 is 0 Å². The van der Waals surface area contributed by atoms with Crippen molar-refractivity contribution in [2.75, 3.05) is 85.1 Å². The zero-order valence-electron chi connectivity index (χ0n) is 37.8. The van der Waals surface area contributed by atoms with Gasteiger partial charge in [0.15, 0.2) is 0 Å². The predicted molar refractivity (Wildman–Crippen MR) is 242 cm³/mol. The quantitative estimate of drug-likeness (QED) is 0.0410. The van der Waals surface area contributed by atoms with E-state index in [2.05, 4.69) is 43.5 Å². The summed E-state index contributed by atoms with van der Waals surface area (Å²) in [6.07, 6.45) is 10.6. The van der Waals surface area contributed by atoms with Gasteiger partial charge in [0.1, 0.15) is 0 Å². The van der Waals surface area contributed by atoms with E-state index in [1.165, 1.54) is 50.9 Å². The van der Waals surface area contributed by atoms with Gasteiger partial charge >= 0.3 is 219 Å². The van der Waals surface area contributed by atoms with Gasteiger partial charge in [-0.25, -0.2) is 0 Å². The Balaban J connectivity index is 2.93. The summed E-state index contributed by atoms with van der Waals surface area (Å²) in [5.41, 5.74) is 0.634. The molecule has 0 radical (unpaired) electrons. The molecule has 0 aromatic heterocycles. The van der Waals surface area contributed by atoms with Gasteiger partial charge in [-0.2, -0.15) is 0 Å². The number of nitrogens with one attached hydrogen (secondary N) is 2. The Morgan fingerprint density at radius 1 is 0.516 bits per heavy atom. The second-order valence-electron chi connectivity index (χ2n) is 16.3. The first-order valence-corrected chi connectivity index (χ1v) is 30.0. The topological polar surface area (TPSA) is 237 Å². The molecule has 6 N–H and O–H groups in total. The molecule has 0 saturated heterocycles. The van der Waals surface area contributed by atoms with Crippen LogP contribution in [0, 0.1) is 0 Å². The fourth-order valence-electron chi connectivity index (χ4n) is 7.52. The fourth-order valence-corrected chi connectivity index (χ4v) is 23.6. The molecule has 0 spiro atoms. The van der Waals surface area contributed by atoms with Gasteiger partial charge in [0.25, 0.3) is 0 Å². The number of amides is 3. The number of hydrogen-bond donors (Lipinski definition) is 6. The molecule has 1 rings (SSSR count). The second kappa shape index (κ2) is 32.8. The Hall–Kier alpha value is -3.81. The van der Waals surface area contributed by atoms with E-state index in [4.69, 9.17) is 0 Å². The van der Waals surface area contributed by atoms with Crippen molar-refractivity contribution in [3.05, 3.63) is 29.8 Å². The Morgan fingerprint density at radius 3 is 1.50 bits per heavy atom. The maximum absolute atomic E-state index is 13.4. The number of nitrogens with zero attached hydrogens (tertiary/aromatic N) is 4.